The first kappa shape index (κ1) is 30.3. The number of nitrogens with zero attached hydrogens (tertiary/aromatic N) is 3. The molecular weight excluding hydrogens is 622 g/mol. The summed E-state index contributed by atoms with van der Waals surface area (Å²) in [7, 11) is 1.64. The molecule has 0 spiro atoms. The summed E-state index contributed by atoms with van der Waals surface area (Å²) in [5.41, 5.74) is 2.73. The first-order chi connectivity index (χ1) is 22.0. The van der Waals surface area contributed by atoms with Gasteiger partial charge in [-0.15, -0.1) is 11.3 Å². The Morgan fingerprint density at radius 3 is 2.78 bits per heavy atom. The van der Waals surface area contributed by atoms with Crippen LogP contribution in [0, 0.1) is 34.4 Å². The SMILES string of the molecule is COc1ccc2nc(SCC(=O)[C@@]3(O)CCC4C5CCC6=Cc7c(cnn7-c7ccc(F)cc7)CC6(C)C5[C@@H](O)CC43C)sc2c1. The summed E-state index contributed by atoms with van der Waals surface area (Å²) in [4.78, 5) is 18.6. The summed E-state index contributed by atoms with van der Waals surface area (Å²) < 4.78 is 22.6. The van der Waals surface area contributed by atoms with Crippen LogP contribution in [0.4, 0.5) is 4.39 Å². The number of aromatic nitrogens is 3. The smallest absolute Gasteiger partial charge is 0.175 e. The molecule has 46 heavy (non-hydrogen) atoms. The lowest BCUT2D eigenvalue weighted by Crippen LogP contribution is -2.62. The molecule has 2 aromatic carbocycles. The Kier molecular flexibility index (Phi) is 7.07. The summed E-state index contributed by atoms with van der Waals surface area (Å²) in [6.07, 6.45) is 7.70. The molecule has 0 bridgehead atoms. The molecule has 0 radical (unpaired) electrons. The first-order valence-electron chi connectivity index (χ1n) is 16.1. The van der Waals surface area contributed by atoms with Gasteiger partial charge in [-0.3, -0.25) is 4.79 Å². The average Bonchev–Trinajstić information content (AvgIpc) is 3.71. The van der Waals surface area contributed by atoms with Crippen LogP contribution in [0.5, 0.6) is 5.75 Å². The fraction of sp³-hybridized carbons (Fsp3) is 0.472. The lowest BCUT2D eigenvalue weighted by Gasteiger charge is -2.60. The molecule has 5 unspecified atom stereocenters. The van der Waals surface area contributed by atoms with E-state index in [9.17, 15) is 19.4 Å². The van der Waals surface area contributed by atoms with Gasteiger partial charge in [0.15, 0.2) is 10.1 Å². The third-order valence-corrected chi connectivity index (χ3v) is 14.2. The number of carbonyl (C=O) groups is 1. The molecular formula is C36H38FN3O4S2. The lowest BCUT2D eigenvalue weighted by molar-refractivity contribution is -0.177. The summed E-state index contributed by atoms with van der Waals surface area (Å²) >= 11 is 2.91. The number of allylic oxidation sites excluding steroid dienone is 1. The molecule has 2 N–H and O–H groups in total. The zero-order valence-electron chi connectivity index (χ0n) is 26.2. The summed E-state index contributed by atoms with van der Waals surface area (Å²) in [6, 6.07) is 12.1. The van der Waals surface area contributed by atoms with Gasteiger partial charge in [0.05, 0.1) is 46.8 Å². The average molecular weight is 660 g/mol. The molecule has 2 heterocycles. The molecule has 3 fully saturated rings. The second-order valence-electron chi connectivity index (χ2n) is 14.2. The number of halogens is 1. The van der Waals surface area contributed by atoms with Crippen molar-refractivity contribution < 1.29 is 24.1 Å². The number of thiazole rings is 1. The van der Waals surface area contributed by atoms with Crippen molar-refractivity contribution in [2.75, 3.05) is 12.9 Å². The Bertz CT molecular complexity index is 1890. The van der Waals surface area contributed by atoms with Crippen LogP contribution in [0.25, 0.3) is 22.0 Å². The molecule has 7 nitrogen and oxygen atoms in total. The monoisotopic (exact) mass is 659 g/mol. The van der Waals surface area contributed by atoms with Gasteiger partial charge in [-0.25, -0.2) is 14.1 Å². The molecule has 4 aromatic rings. The van der Waals surface area contributed by atoms with Gasteiger partial charge >= 0.3 is 0 Å². The van der Waals surface area contributed by atoms with Crippen molar-refractivity contribution in [3.05, 3.63) is 71.3 Å². The highest BCUT2D eigenvalue weighted by atomic mass is 32.2. The number of aliphatic hydroxyl groups is 2. The van der Waals surface area contributed by atoms with Crippen LogP contribution in [0.1, 0.15) is 57.2 Å². The first-order valence-corrected chi connectivity index (χ1v) is 17.9. The van der Waals surface area contributed by atoms with E-state index in [-0.39, 0.29) is 40.5 Å². The minimum absolute atomic E-state index is 0.0273. The van der Waals surface area contributed by atoms with E-state index in [2.05, 4.69) is 30.0 Å². The van der Waals surface area contributed by atoms with Gasteiger partial charge in [0.25, 0.3) is 0 Å². The Labute approximate surface area is 275 Å². The number of aliphatic hydroxyl groups excluding tert-OH is 1. The van der Waals surface area contributed by atoms with Crippen LogP contribution >= 0.6 is 23.1 Å². The van der Waals surface area contributed by atoms with E-state index in [1.807, 2.05) is 29.1 Å². The van der Waals surface area contributed by atoms with Crippen molar-refractivity contribution in [2.45, 2.75) is 68.4 Å². The number of fused-ring (bicyclic) bond motifs is 7. The molecule has 240 valence electrons. The Morgan fingerprint density at radius 2 is 2.00 bits per heavy atom. The molecule has 0 aliphatic heterocycles. The number of Topliss-reactive ketones (excluding diaryl/α,β-unsaturated/α-hetero) is 1. The number of carbonyl (C=O) groups excluding carboxylic acids is 1. The van der Waals surface area contributed by atoms with Gasteiger partial charge in [0.1, 0.15) is 17.2 Å². The van der Waals surface area contributed by atoms with E-state index in [1.165, 1.54) is 40.8 Å². The summed E-state index contributed by atoms with van der Waals surface area (Å²) in [6.45, 7) is 4.34. The van der Waals surface area contributed by atoms with E-state index >= 15 is 0 Å². The highest BCUT2D eigenvalue weighted by molar-refractivity contribution is 8.01. The Balaban J connectivity index is 1.03. The van der Waals surface area contributed by atoms with Crippen LogP contribution in [0.2, 0.25) is 0 Å². The van der Waals surface area contributed by atoms with Gasteiger partial charge < -0.3 is 14.9 Å². The second kappa shape index (κ2) is 10.7. The molecule has 10 heteroatoms. The number of ether oxygens (including phenoxy) is 1. The summed E-state index contributed by atoms with van der Waals surface area (Å²) in [5, 5.41) is 28.9. The van der Waals surface area contributed by atoms with Crippen molar-refractivity contribution in [3.63, 3.8) is 0 Å². The maximum Gasteiger partial charge on any atom is 0.175 e. The van der Waals surface area contributed by atoms with E-state index < -0.39 is 17.1 Å². The maximum atomic E-state index is 13.9. The zero-order chi connectivity index (χ0) is 32.0. The molecule has 3 saturated carbocycles. The van der Waals surface area contributed by atoms with Crippen LogP contribution in [-0.2, 0) is 11.2 Å². The van der Waals surface area contributed by atoms with Gasteiger partial charge in [0, 0.05) is 5.41 Å². The Hall–Kier alpha value is -3.05. The van der Waals surface area contributed by atoms with E-state index in [1.54, 1.807) is 19.2 Å². The van der Waals surface area contributed by atoms with Crippen molar-refractivity contribution >= 4 is 45.2 Å². The van der Waals surface area contributed by atoms with Gasteiger partial charge in [-0.05, 0) is 116 Å². The number of hydrogen-bond acceptors (Lipinski definition) is 8. The lowest BCUT2D eigenvalue weighted by atomic mass is 9.45. The van der Waals surface area contributed by atoms with Crippen LogP contribution in [0.15, 0.2) is 58.6 Å². The number of hydrogen-bond donors (Lipinski definition) is 2. The van der Waals surface area contributed by atoms with E-state index in [0.29, 0.717) is 12.8 Å². The van der Waals surface area contributed by atoms with Crippen molar-refractivity contribution in [2.24, 2.45) is 28.6 Å². The largest absolute Gasteiger partial charge is 0.497 e. The fourth-order valence-electron chi connectivity index (χ4n) is 9.75. The molecule has 2 aromatic heterocycles. The maximum absolute atomic E-state index is 13.9. The Morgan fingerprint density at radius 1 is 1.20 bits per heavy atom. The van der Waals surface area contributed by atoms with E-state index in [0.717, 1.165) is 62.9 Å². The van der Waals surface area contributed by atoms with Crippen molar-refractivity contribution in [3.8, 4) is 11.4 Å². The number of thioether (sulfide) groups is 1. The van der Waals surface area contributed by atoms with Gasteiger partial charge in [-0.1, -0.05) is 31.2 Å². The third-order valence-electron chi connectivity index (χ3n) is 12.0. The molecule has 0 amide bonds. The molecule has 4 aliphatic carbocycles. The van der Waals surface area contributed by atoms with Crippen LogP contribution < -0.4 is 4.74 Å². The van der Waals surface area contributed by atoms with Crippen LogP contribution in [-0.4, -0.2) is 55.3 Å². The number of ketones is 1. The topological polar surface area (TPSA) is 97.5 Å². The standard InChI is InChI=1S/C36H38FN3O4S2/c1-34-16-20-18-38-40(23-7-5-22(37)6-8-23)28(20)14-21(34)4-10-25-26-12-13-36(43,35(26,2)17-29(41)32(25)34)31(42)19-45-33-39-27-11-9-24(44-3)15-30(27)46-33/h5-9,11,14-15,18,25-26,29,32,41,43H,4,10,12-13,16-17,19H2,1-3H3/t25?,26?,29-,32?,34?,35?,36-/m0/s1. The normalized spacial score (nSPS) is 33.1. The van der Waals surface area contributed by atoms with Gasteiger partial charge in [-0.2, -0.15) is 5.10 Å². The zero-order valence-corrected chi connectivity index (χ0v) is 27.8. The van der Waals surface area contributed by atoms with Crippen molar-refractivity contribution in [1.82, 2.24) is 14.8 Å². The number of benzene rings is 2. The molecule has 8 rings (SSSR count). The van der Waals surface area contributed by atoms with Gasteiger partial charge in [0.2, 0.25) is 0 Å². The highest BCUT2D eigenvalue weighted by Crippen LogP contribution is 2.67. The number of rotatable bonds is 6. The quantitative estimate of drug-likeness (QED) is 0.218. The third kappa shape index (κ3) is 4.39. The predicted octanol–water partition coefficient (Wildman–Crippen LogP) is 6.88. The molecule has 7 atom stereocenters. The minimum Gasteiger partial charge on any atom is -0.497 e. The highest BCUT2D eigenvalue weighted by Gasteiger charge is 2.68. The summed E-state index contributed by atoms with van der Waals surface area (Å²) in [5.74, 6) is 0.856. The minimum atomic E-state index is -1.48. The molecule has 4 aliphatic rings. The van der Waals surface area contributed by atoms with Crippen molar-refractivity contribution in [1.29, 1.82) is 0 Å². The predicted molar refractivity (Wildman–Crippen MR) is 178 cm³/mol. The number of methoxy groups -OCH3 is 1. The van der Waals surface area contributed by atoms with Crippen LogP contribution in [0.3, 0.4) is 0 Å². The van der Waals surface area contributed by atoms with E-state index in [4.69, 9.17) is 4.74 Å². The molecule has 0 saturated heterocycles. The fourth-order valence-corrected chi connectivity index (χ4v) is 11.8. The second-order valence-corrected chi connectivity index (χ2v) is 16.4.